The van der Waals surface area contributed by atoms with E-state index >= 15 is 0 Å². The maximum absolute atomic E-state index is 10.3. The Balaban J connectivity index is -0.000000120. The number of carbonyl (C=O) groups is 3. The van der Waals surface area contributed by atoms with Crippen LogP contribution in [-0.2, 0) is 14.4 Å². The van der Waals surface area contributed by atoms with Crippen molar-refractivity contribution in [3.63, 3.8) is 0 Å². The van der Waals surface area contributed by atoms with Crippen molar-refractivity contribution in [1.82, 2.24) is 0 Å². The van der Waals surface area contributed by atoms with E-state index in [2.05, 4.69) is 0 Å². The van der Waals surface area contributed by atoms with Gasteiger partial charge in [-0.2, -0.15) is 0 Å². The van der Waals surface area contributed by atoms with Gasteiger partial charge in [-0.05, 0) is 0 Å². The van der Waals surface area contributed by atoms with Crippen molar-refractivity contribution < 1.29 is 51.2 Å². The van der Waals surface area contributed by atoms with Crippen molar-refractivity contribution in [2.75, 3.05) is 0 Å². The quantitative estimate of drug-likeness (QED) is 0.360. The number of aliphatic carboxylic acids is 3. The molecule has 10 nitrogen and oxygen atoms in total. The molecule has 0 aliphatic rings. The minimum absolute atomic E-state index is 0. The third-order valence-corrected chi connectivity index (χ3v) is 1.29. The fourth-order valence-electron chi connectivity index (χ4n) is 0.714. The molecule has 17 heavy (non-hydrogen) atoms. The molecule has 0 amide bonds. The van der Waals surface area contributed by atoms with Crippen LogP contribution < -0.4 is 0 Å². The molecule has 0 saturated carbocycles. The SMILES string of the molecule is O.O.O.O=C(O)CC(O)(CC(=O)O)C(=O)O.[Na]. The van der Waals surface area contributed by atoms with Crippen molar-refractivity contribution >= 4 is 47.5 Å². The predicted octanol–water partition coefficient (Wildman–Crippen LogP) is -4.10. The Morgan fingerprint density at radius 2 is 1.06 bits per heavy atom. The Labute approximate surface area is 117 Å². The van der Waals surface area contributed by atoms with Gasteiger partial charge in [0.05, 0.1) is 12.8 Å². The van der Waals surface area contributed by atoms with E-state index in [-0.39, 0.29) is 46.0 Å². The summed E-state index contributed by atoms with van der Waals surface area (Å²) in [6.45, 7) is 0. The molecule has 0 aliphatic carbocycles. The number of aliphatic hydroxyl groups is 1. The van der Waals surface area contributed by atoms with Crippen LogP contribution in [0.15, 0.2) is 0 Å². The topological polar surface area (TPSA) is 227 Å². The van der Waals surface area contributed by atoms with Crippen molar-refractivity contribution in [1.29, 1.82) is 0 Å². The van der Waals surface area contributed by atoms with Gasteiger partial charge in [0, 0.05) is 29.6 Å². The molecule has 0 aromatic rings. The number of carboxylic acids is 3. The van der Waals surface area contributed by atoms with Crippen LogP contribution in [0.1, 0.15) is 12.8 Å². The van der Waals surface area contributed by atoms with Crippen LogP contribution >= 0.6 is 0 Å². The number of carboxylic acid groups (broad SMARTS) is 3. The third-order valence-electron chi connectivity index (χ3n) is 1.29. The smallest absolute Gasteiger partial charge is 0.336 e. The molecule has 11 heteroatoms. The van der Waals surface area contributed by atoms with E-state index in [1.165, 1.54) is 0 Å². The first-order chi connectivity index (χ1) is 5.78. The molecule has 1 radical (unpaired) electrons. The van der Waals surface area contributed by atoms with Gasteiger partial charge in [-0.25, -0.2) is 4.79 Å². The summed E-state index contributed by atoms with van der Waals surface area (Å²) in [7, 11) is 0. The van der Waals surface area contributed by atoms with Crippen LogP contribution in [0.25, 0.3) is 0 Å². The van der Waals surface area contributed by atoms with E-state index in [1.54, 1.807) is 0 Å². The van der Waals surface area contributed by atoms with Gasteiger partial charge in [0.25, 0.3) is 0 Å². The summed E-state index contributed by atoms with van der Waals surface area (Å²) in [5.41, 5.74) is -2.74. The van der Waals surface area contributed by atoms with E-state index in [9.17, 15) is 14.4 Å². The minimum atomic E-state index is -2.74. The van der Waals surface area contributed by atoms with Crippen molar-refractivity contribution in [3.8, 4) is 0 Å². The molecule has 0 bridgehead atoms. The van der Waals surface area contributed by atoms with E-state index < -0.39 is 36.4 Å². The number of hydrogen-bond donors (Lipinski definition) is 4. The van der Waals surface area contributed by atoms with Crippen LogP contribution in [0.5, 0.6) is 0 Å². The first-order valence-corrected chi connectivity index (χ1v) is 3.17. The number of rotatable bonds is 5. The van der Waals surface area contributed by atoms with E-state index in [1.807, 2.05) is 0 Å². The normalized spacial score (nSPS) is 8.29. The Morgan fingerprint density at radius 1 is 0.824 bits per heavy atom. The summed E-state index contributed by atoms with van der Waals surface area (Å²) in [4.78, 5) is 30.5. The minimum Gasteiger partial charge on any atom is -0.481 e. The van der Waals surface area contributed by atoms with E-state index in [0.29, 0.717) is 0 Å². The average Bonchev–Trinajstić information content (AvgIpc) is 1.82. The van der Waals surface area contributed by atoms with Gasteiger partial charge < -0.3 is 36.9 Å². The molecule has 0 aliphatic heterocycles. The Hall–Kier alpha value is -0.750. The molecule has 10 N–H and O–H groups in total. The van der Waals surface area contributed by atoms with Gasteiger partial charge in [0.2, 0.25) is 0 Å². The van der Waals surface area contributed by atoms with Gasteiger partial charge >= 0.3 is 17.9 Å². The van der Waals surface area contributed by atoms with Gasteiger partial charge in [0.1, 0.15) is 0 Å². The van der Waals surface area contributed by atoms with E-state index in [0.717, 1.165) is 0 Å². The second kappa shape index (κ2) is 11.7. The second-order valence-electron chi connectivity index (χ2n) is 2.48. The largest absolute Gasteiger partial charge is 0.481 e. The molecule has 0 aromatic heterocycles. The van der Waals surface area contributed by atoms with Crippen molar-refractivity contribution in [2.24, 2.45) is 0 Å². The molecular weight excluding hydrogens is 255 g/mol. The molecular formula is C6H14NaO10. The Bertz CT molecular complexity index is 235. The van der Waals surface area contributed by atoms with Crippen LogP contribution in [0.3, 0.4) is 0 Å². The molecule has 0 aromatic carbocycles. The Kier molecular flexibility index (Phi) is 20.6. The monoisotopic (exact) mass is 269 g/mol. The van der Waals surface area contributed by atoms with Gasteiger partial charge in [-0.15, -0.1) is 0 Å². The molecule has 0 saturated heterocycles. The standard InChI is InChI=1S/C6H8O7.Na.3H2O/c7-3(8)1-6(13,5(11)12)2-4(9)10;;;;/h13H,1-2H2,(H,7,8)(H,9,10)(H,11,12);;3*1H2. The van der Waals surface area contributed by atoms with Crippen LogP contribution in [0.4, 0.5) is 0 Å². The second-order valence-corrected chi connectivity index (χ2v) is 2.48. The summed E-state index contributed by atoms with van der Waals surface area (Å²) >= 11 is 0. The zero-order valence-electron chi connectivity index (χ0n) is 8.93. The molecule has 0 rings (SSSR count). The maximum Gasteiger partial charge on any atom is 0.336 e. The van der Waals surface area contributed by atoms with Crippen molar-refractivity contribution in [2.45, 2.75) is 18.4 Å². The summed E-state index contributed by atoms with van der Waals surface area (Å²) in [6.07, 6.45) is -2.29. The van der Waals surface area contributed by atoms with Gasteiger partial charge in [-0.1, -0.05) is 0 Å². The Morgan fingerprint density at radius 3 is 1.18 bits per heavy atom. The zero-order chi connectivity index (χ0) is 10.6. The molecule has 0 fully saturated rings. The fraction of sp³-hybridized carbons (Fsp3) is 0.500. The van der Waals surface area contributed by atoms with Crippen LogP contribution in [0.2, 0.25) is 0 Å². The molecule has 99 valence electrons. The predicted molar refractivity (Wildman–Crippen MR) is 53.7 cm³/mol. The third kappa shape index (κ3) is 11.5. The summed E-state index contributed by atoms with van der Waals surface area (Å²) in [5.74, 6) is -5.02. The van der Waals surface area contributed by atoms with Crippen molar-refractivity contribution in [3.05, 3.63) is 0 Å². The molecule has 0 unspecified atom stereocenters. The summed E-state index contributed by atoms with van der Waals surface area (Å²) < 4.78 is 0. The first kappa shape index (κ1) is 29.9. The van der Waals surface area contributed by atoms with Crippen LogP contribution in [0, 0.1) is 0 Å². The van der Waals surface area contributed by atoms with E-state index in [4.69, 9.17) is 20.4 Å². The molecule has 0 spiro atoms. The summed E-state index contributed by atoms with van der Waals surface area (Å²) in [5, 5.41) is 33.8. The van der Waals surface area contributed by atoms with Crippen LogP contribution in [-0.4, -0.2) is 89.9 Å². The fourth-order valence-corrected chi connectivity index (χ4v) is 0.714. The average molecular weight is 269 g/mol. The summed E-state index contributed by atoms with van der Waals surface area (Å²) in [6, 6.07) is 0. The molecule has 0 atom stereocenters. The maximum atomic E-state index is 10.3. The molecule has 0 heterocycles. The van der Waals surface area contributed by atoms with Gasteiger partial charge in [0.15, 0.2) is 5.60 Å². The van der Waals surface area contributed by atoms with Gasteiger partial charge in [-0.3, -0.25) is 9.59 Å². The zero-order valence-corrected chi connectivity index (χ0v) is 10.9. The number of hydrogen-bond acceptors (Lipinski definition) is 4. The first-order valence-electron chi connectivity index (χ1n) is 3.17.